The first-order chi connectivity index (χ1) is 9.01. The number of carbonyl (C=O) groups excluding carboxylic acids is 1. The van der Waals surface area contributed by atoms with Crippen molar-refractivity contribution in [3.63, 3.8) is 0 Å². The van der Waals surface area contributed by atoms with Crippen molar-refractivity contribution in [1.82, 2.24) is 4.90 Å². The molecule has 1 saturated heterocycles. The lowest BCUT2D eigenvalue weighted by molar-refractivity contribution is 0.112. The number of aldehydes is 1. The molecule has 1 aromatic rings. The van der Waals surface area contributed by atoms with Crippen molar-refractivity contribution in [1.29, 1.82) is 0 Å². The van der Waals surface area contributed by atoms with Crippen LogP contribution in [0.5, 0.6) is 0 Å². The highest BCUT2D eigenvalue weighted by molar-refractivity contribution is 6.31. The number of anilines is 1. The third kappa shape index (κ3) is 3.26. The molecule has 2 unspecified atom stereocenters. The molecule has 1 aromatic carbocycles. The van der Waals surface area contributed by atoms with Crippen LogP contribution in [0.4, 0.5) is 5.69 Å². The minimum Gasteiger partial charge on any atom is -0.391 e. The van der Waals surface area contributed by atoms with E-state index in [4.69, 9.17) is 11.6 Å². The standard InChI is InChI=1S/C14H19ClN2O2/c1-16(2)7-12-6-13(19)8-17(12)14-4-3-11(15)5-10(14)9-18/h3-5,9,12-13,19H,6-8H2,1-2H3. The highest BCUT2D eigenvalue weighted by Crippen LogP contribution is 2.30. The Labute approximate surface area is 118 Å². The van der Waals surface area contributed by atoms with Crippen molar-refractivity contribution in [2.75, 3.05) is 32.1 Å². The SMILES string of the molecule is CN(C)CC1CC(O)CN1c1ccc(Cl)cc1C=O. The van der Waals surface area contributed by atoms with Crippen LogP contribution < -0.4 is 4.90 Å². The number of β-amino-alcohol motifs (C(OH)–C–C–N with tert-alkyl or cyclic N) is 1. The van der Waals surface area contributed by atoms with E-state index in [9.17, 15) is 9.90 Å². The van der Waals surface area contributed by atoms with E-state index in [2.05, 4.69) is 9.80 Å². The molecule has 1 heterocycles. The van der Waals surface area contributed by atoms with Gasteiger partial charge in [0.05, 0.1) is 6.10 Å². The van der Waals surface area contributed by atoms with Crippen LogP contribution in [0.3, 0.4) is 0 Å². The maximum Gasteiger partial charge on any atom is 0.152 e. The van der Waals surface area contributed by atoms with Gasteiger partial charge < -0.3 is 14.9 Å². The monoisotopic (exact) mass is 282 g/mol. The van der Waals surface area contributed by atoms with Crippen LogP contribution in [-0.2, 0) is 0 Å². The minimum atomic E-state index is -0.347. The fourth-order valence-electron chi connectivity index (χ4n) is 2.66. The Morgan fingerprint density at radius 3 is 2.89 bits per heavy atom. The second-order valence-corrected chi connectivity index (χ2v) is 5.72. The molecule has 0 spiro atoms. The first kappa shape index (κ1) is 14.3. The van der Waals surface area contributed by atoms with Gasteiger partial charge in [-0.3, -0.25) is 4.79 Å². The Balaban J connectivity index is 2.30. The minimum absolute atomic E-state index is 0.213. The number of carbonyl (C=O) groups is 1. The zero-order valence-corrected chi connectivity index (χ0v) is 12.0. The molecule has 1 aliphatic heterocycles. The predicted octanol–water partition coefficient (Wildman–Crippen LogP) is 1.65. The summed E-state index contributed by atoms with van der Waals surface area (Å²) < 4.78 is 0. The quantitative estimate of drug-likeness (QED) is 0.853. The number of rotatable bonds is 4. The van der Waals surface area contributed by atoms with Crippen molar-refractivity contribution in [3.8, 4) is 0 Å². The molecule has 5 heteroatoms. The second-order valence-electron chi connectivity index (χ2n) is 5.28. The summed E-state index contributed by atoms with van der Waals surface area (Å²) >= 11 is 5.92. The summed E-state index contributed by atoms with van der Waals surface area (Å²) in [7, 11) is 4.01. The molecule has 1 fully saturated rings. The summed E-state index contributed by atoms with van der Waals surface area (Å²) in [5, 5.41) is 10.4. The van der Waals surface area contributed by atoms with Crippen LogP contribution in [0.15, 0.2) is 18.2 Å². The Morgan fingerprint density at radius 2 is 2.26 bits per heavy atom. The van der Waals surface area contributed by atoms with Crippen LogP contribution in [0, 0.1) is 0 Å². The average molecular weight is 283 g/mol. The lowest BCUT2D eigenvalue weighted by Gasteiger charge is -2.29. The molecule has 19 heavy (non-hydrogen) atoms. The van der Waals surface area contributed by atoms with Gasteiger partial charge in [-0.05, 0) is 38.7 Å². The number of benzene rings is 1. The van der Waals surface area contributed by atoms with Gasteiger partial charge in [-0.1, -0.05) is 11.6 Å². The fourth-order valence-corrected chi connectivity index (χ4v) is 2.84. The highest BCUT2D eigenvalue weighted by atomic mass is 35.5. The lowest BCUT2D eigenvalue weighted by atomic mass is 10.1. The van der Waals surface area contributed by atoms with E-state index in [1.807, 2.05) is 20.2 Å². The van der Waals surface area contributed by atoms with Gasteiger partial charge in [-0.25, -0.2) is 0 Å². The fraction of sp³-hybridized carbons (Fsp3) is 0.500. The van der Waals surface area contributed by atoms with E-state index in [-0.39, 0.29) is 12.1 Å². The molecule has 2 atom stereocenters. The van der Waals surface area contributed by atoms with Gasteiger partial charge in [0.15, 0.2) is 6.29 Å². The van der Waals surface area contributed by atoms with E-state index >= 15 is 0 Å². The van der Waals surface area contributed by atoms with Gasteiger partial charge in [0.1, 0.15) is 0 Å². The Bertz CT molecular complexity index is 465. The maximum atomic E-state index is 11.2. The molecule has 0 aliphatic carbocycles. The molecule has 0 radical (unpaired) electrons. The lowest BCUT2D eigenvalue weighted by Crippen LogP contribution is -2.38. The topological polar surface area (TPSA) is 43.8 Å². The molecule has 0 aromatic heterocycles. The van der Waals surface area contributed by atoms with Crippen molar-refractivity contribution in [2.24, 2.45) is 0 Å². The Kier molecular flexibility index (Phi) is 4.45. The summed E-state index contributed by atoms with van der Waals surface area (Å²) in [6.45, 7) is 1.40. The molecule has 104 valence electrons. The number of likely N-dealkylation sites (N-methyl/N-ethyl adjacent to an activating group) is 1. The molecular weight excluding hydrogens is 264 g/mol. The largest absolute Gasteiger partial charge is 0.391 e. The van der Waals surface area contributed by atoms with E-state index in [0.29, 0.717) is 17.1 Å². The molecule has 2 rings (SSSR count). The second kappa shape index (κ2) is 5.90. The number of halogens is 1. The molecule has 1 N–H and O–H groups in total. The van der Waals surface area contributed by atoms with E-state index in [1.54, 1.807) is 12.1 Å². The van der Waals surface area contributed by atoms with E-state index < -0.39 is 0 Å². The molecule has 0 amide bonds. The summed E-state index contributed by atoms with van der Waals surface area (Å²) in [5.41, 5.74) is 1.42. The summed E-state index contributed by atoms with van der Waals surface area (Å²) in [6, 6.07) is 5.51. The average Bonchev–Trinajstić information content (AvgIpc) is 2.69. The third-order valence-electron chi connectivity index (χ3n) is 3.39. The van der Waals surface area contributed by atoms with Gasteiger partial charge in [-0.15, -0.1) is 0 Å². The highest BCUT2D eigenvalue weighted by Gasteiger charge is 2.32. The predicted molar refractivity (Wildman–Crippen MR) is 77.2 cm³/mol. The third-order valence-corrected chi connectivity index (χ3v) is 3.63. The normalized spacial score (nSPS) is 23.1. The van der Waals surface area contributed by atoms with Crippen LogP contribution in [0.25, 0.3) is 0 Å². The Hall–Kier alpha value is -1.10. The smallest absolute Gasteiger partial charge is 0.152 e. The van der Waals surface area contributed by atoms with E-state index in [1.165, 1.54) is 0 Å². The van der Waals surface area contributed by atoms with Crippen molar-refractivity contribution >= 4 is 23.6 Å². The Morgan fingerprint density at radius 1 is 1.53 bits per heavy atom. The number of nitrogens with zero attached hydrogens (tertiary/aromatic N) is 2. The zero-order valence-electron chi connectivity index (χ0n) is 11.2. The zero-order chi connectivity index (χ0) is 14.0. The maximum absolute atomic E-state index is 11.2. The summed E-state index contributed by atoms with van der Waals surface area (Å²) in [5.74, 6) is 0. The van der Waals surface area contributed by atoms with Gasteiger partial charge in [0, 0.05) is 35.4 Å². The van der Waals surface area contributed by atoms with Gasteiger partial charge in [-0.2, -0.15) is 0 Å². The van der Waals surface area contributed by atoms with Crippen LogP contribution in [0.2, 0.25) is 5.02 Å². The molecule has 0 saturated carbocycles. The van der Waals surface area contributed by atoms with Gasteiger partial charge >= 0.3 is 0 Å². The summed E-state index contributed by atoms with van der Waals surface area (Å²) in [6.07, 6.45) is 1.19. The number of hydrogen-bond acceptors (Lipinski definition) is 4. The van der Waals surface area contributed by atoms with Crippen molar-refractivity contribution in [2.45, 2.75) is 18.6 Å². The first-order valence-electron chi connectivity index (χ1n) is 6.35. The molecule has 1 aliphatic rings. The first-order valence-corrected chi connectivity index (χ1v) is 6.73. The van der Waals surface area contributed by atoms with Gasteiger partial charge in [0.25, 0.3) is 0 Å². The van der Waals surface area contributed by atoms with Crippen LogP contribution in [-0.4, -0.2) is 55.6 Å². The van der Waals surface area contributed by atoms with Crippen molar-refractivity contribution < 1.29 is 9.90 Å². The number of aliphatic hydroxyl groups is 1. The molecular formula is C14H19ClN2O2. The van der Waals surface area contributed by atoms with Crippen molar-refractivity contribution in [3.05, 3.63) is 28.8 Å². The van der Waals surface area contributed by atoms with E-state index in [0.717, 1.165) is 24.9 Å². The number of aliphatic hydroxyl groups excluding tert-OH is 1. The molecule has 4 nitrogen and oxygen atoms in total. The molecule has 0 bridgehead atoms. The summed E-state index contributed by atoms with van der Waals surface area (Å²) in [4.78, 5) is 15.4. The van der Waals surface area contributed by atoms with Crippen LogP contribution in [0.1, 0.15) is 16.8 Å². The van der Waals surface area contributed by atoms with Gasteiger partial charge in [0.2, 0.25) is 0 Å². The van der Waals surface area contributed by atoms with Crippen LogP contribution >= 0.6 is 11.6 Å². The number of hydrogen-bond donors (Lipinski definition) is 1.